The first kappa shape index (κ1) is 11.4. The van der Waals surface area contributed by atoms with E-state index in [0.29, 0.717) is 6.54 Å². The van der Waals surface area contributed by atoms with E-state index >= 15 is 0 Å². The van der Waals surface area contributed by atoms with Crippen molar-refractivity contribution < 1.29 is 9.84 Å². The summed E-state index contributed by atoms with van der Waals surface area (Å²) in [5.74, 6) is 0. The molecule has 0 saturated heterocycles. The van der Waals surface area contributed by atoms with Crippen LogP contribution in [0.3, 0.4) is 0 Å². The highest BCUT2D eigenvalue weighted by Gasteiger charge is 2.54. The molecule has 0 amide bonds. The molecule has 0 heterocycles. The zero-order valence-electron chi connectivity index (χ0n) is 9.67. The average molecular weight is 213 g/mol. The van der Waals surface area contributed by atoms with Crippen molar-refractivity contribution in [3.8, 4) is 0 Å². The maximum absolute atomic E-state index is 10.8. The highest BCUT2D eigenvalue weighted by Crippen LogP contribution is 2.54. The minimum atomic E-state index is -0.557. The summed E-state index contributed by atoms with van der Waals surface area (Å²) in [6, 6.07) is 0. The molecule has 2 saturated carbocycles. The van der Waals surface area contributed by atoms with E-state index in [1.165, 1.54) is 6.42 Å². The van der Waals surface area contributed by atoms with Crippen LogP contribution in [0.25, 0.3) is 0 Å². The van der Waals surface area contributed by atoms with E-state index in [1.54, 1.807) is 7.11 Å². The molecule has 2 aliphatic rings. The second-order valence-electron chi connectivity index (χ2n) is 5.32. The highest BCUT2D eigenvalue weighted by atomic mass is 16.5. The standard InChI is InChI=1S/C12H23NO2/c1-15-10-4-2-7-12(14,8-10)11(9-13)5-3-6-11/h10,14H,2-9,13H2,1H3. The number of aliphatic hydroxyl groups is 1. The molecule has 2 rings (SSSR count). The van der Waals surface area contributed by atoms with Gasteiger partial charge in [-0.3, -0.25) is 0 Å². The number of nitrogens with two attached hydrogens (primary N) is 1. The second-order valence-corrected chi connectivity index (χ2v) is 5.32. The van der Waals surface area contributed by atoms with Crippen LogP contribution in [0.5, 0.6) is 0 Å². The van der Waals surface area contributed by atoms with Gasteiger partial charge in [0.15, 0.2) is 0 Å². The Bertz CT molecular complexity index is 222. The van der Waals surface area contributed by atoms with Gasteiger partial charge in [0.2, 0.25) is 0 Å². The van der Waals surface area contributed by atoms with Gasteiger partial charge in [-0.2, -0.15) is 0 Å². The fourth-order valence-corrected chi connectivity index (χ4v) is 3.35. The van der Waals surface area contributed by atoms with E-state index in [0.717, 1.165) is 38.5 Å². The van der Waals surface area contributed by atoms with Gasteiger partial charge in [-0.05, 0) is 32.1 Å². The number of methoxy groups -OCH3 is 1. The summed E-state index contributed by atoms with van der Waals surface area (Å²) in [6.45, 7) is 0.625. The van der Waals surface area contributed by atoms with Gasteiger partial charge in [0.25, 0.3) is 0 Å². The highest BCUT2D eigenvalue weighted by molar-refractivity contribution is 5.06. The SMILES string of the molecule is COC1CCCC(O)(C2(CN)CCC2)C1. The van der Waals surface area contributed by atoms with Gasteiger partial charge in [0.1, 0.15) is 0 Å². The summed E-state index contributed by atoms with van der Waals surface area (Å²) < 4.78 is 5.39. The van der Waals surface area contributed by atoms with Crippen molar-refractivity contribution in [2.24, 2.45) is 11.1 Å². The van der Waals surface area contributed by atoms with E-state index in [2.05, 4.69) is 0 Å². The van der Waals surface area contributed by atoms with Crippen molar-refractivity contribution in [2.45, 2.75) is 56.7 Å². The van der Waals surface area contributed by atoms with Gasteiger partial charge in [0, 0.05) is 25.5 Å². The van der Waals surface area contributed by atoms with E-state index in [-0.39, 0.29) is 11.5 Å². The molecule has 3 heteroatoms. The summed E-state index contributed by atoms with van der Waals surface area (Å²) in [6.07, 6.45) is 7.47. The molecule has 2 atom stereocenters. The van der Waals surface area contributed by atoms with Crippen LogP contribution >= 0.6 is 0 Å². The summed E-state index contributed by atoms with van der Waals surface area (Å²) in [7, 11) is 1.74. The predicted molar refractivity (Wildman–Crippen MR) is 59.6 cm³/mol. The molecule has 0 aromatic rings. The van der Waals surface area contributed by atoms with Crippen LogP contribution < -0.4 is 5.73 Å². The van der Waals surface area contributed by atoms with Crippen LogP contribution in [0.15, 0.2) is 0 Å². The Morgan fingerprint density at radius 3 is 2.53 bits per heavy atom. The molecule has 2 fully saturated rings. The van der Waals surface area contributed by atoms with Crippen molar-refractivity contribution >= 4 is 0 Å². The van der Waals surface area contributed by atoms with E-state index < -0.39 is 5.60 Å². The summed E-state index contributed by atoms with van der Waals surface area (Å²) in [4.78, 5) is 0. The van der Waals surface area contributed by atoms with Crippen molar-refractivity contribution in [2.75, 3.05) is 13.7 Å². The predicted octanol–water partition coefficient (Wildman–Crippen LogP) is 1.44. The maximum Gasteiger partial charge on any atom is 0.0740 e. The van der Waals surface area contributed by atoms with Gasteiger partial charge in [-0.25, -0.2) is 0 Å². The minimum absolute atomic E-state index is 0.00417. The topological polar surface area (TPSA) is 55.5 Å². The Kier molecular flexibility index (Phi) is 3.06. The number of hydrogen-bond acceptors (Lipinski definition) is 3. The van der Waals surface area contributed by atoms with Gasteiger partial charge < -0.3 is 15.6 Å². The molecule has 15 heavy (non-hydrogen) atoms. The fraction of sp³-hybridized carbons (Fsp3) is 1.00. The monoisotopic (exact) mass is 213 g/mol. The third-order valence-corrected chi connectivity index (χ3v) is 4.70. The van der Waals surface area contributed by atoms with Gasteiger partial charge >= 0.3 is 0 Å². The summed E-state index contributed by atoms with van der Waals surface area (Å²) in [5.41, 5.74) is 5.32. The third kappa shape index (κ3) is 1.71. The van der Waals surface area contributed by atoms with Crippen LogP contribution in [0.4, 0.5) is 0 Å². The lowest BCUT2D eigenvalue weighted by Gasteiger charge is -2.55. The van der Waals surface area contributed by atoms with Crippen molar-refractivity contribution in [3.05, 3.63) is 0 Å². The fourth-order valence-electron chi connectivity index (χ4n) is 3.35. The molecule has 2 aliphatic carbocycles. The summed E-state index contributed by atoms with van der Waals surface area (Å²) >= 11 is 0. The lowest BCUT2D eigenvalue weighted by atomic mass is 9.54. The Balaban J connectivity index is 2.10. The van der Waals surface area contributed by atoms with E-state index in [4.69, 9.17) is 10.5 Å². The van der Waals surface area contributed by atoms with Crippen LogP contribution in [-0.2, 0) is 4.74 Å². The molecule has 0 radical (unpaired) electrons. The van der Waals surface area contributed by atoms with Crippen LogP contribution in [-0.4, -0.2) is 30.5 Å². The summed E-state index contributed by atoms with van der Waals surface area (Å²) in [5, 5.41) is 10.8. The number of rotatable bonds is 3. The van der Waals surface area contributed by atoms with Gasteiger partial charge in [-0.1, -0.05) is 6.42 Å². The van der Waals surface area contributed by atoms with Crippen molar-refractivity contribution in [1.29, 1.82) is 0 Å². The van der Waals surface area contributed by atoms with Crippen LogP contribution in [0.1, 0.15) is 44.9 Å². The van der Waals surface area contributed by atoms with Crippen molar-refractivity contribution in [3.63, 3.8) is 0 Å². The van der Waals surface area contributed by atoms with E-state index in [9.17, 15) is 5.11 Å². The Morgan fingerprint density at radius 2 is 2.07 bits per heavy atom. The van der Waals surface area contributed by atoms with E-state index in [1.807, 2.05) is 0 Å². The molecule has 3 N–H and O–H groups in total. The average Bonchev–Trinajstić information content (AvgIpc) is 2.16. The number of hydrogen-bond donors (Lipinski definition) is 2. The quantitative estimate of drug-likeness (QED) is 0.746. The molecular formula is C12H23NO2. The number of ether oxygens (including phenoxy) is 1. The van der Waals surface area contributed by atoms with Crippen LogP contribution in [0, 0.1) is 5.41 Å². The molecule has 3 nitrogen and oxygen atoms in total. The zero-order valence-corrected chi connectivity index (χ0v) is 9.67. The zero-order chi connectivity index (χ0) is 10.9. The maximum atomic E-state index is 10.8. The molecular weight excluding hydrogens is 190 g/mol. The Labute approximate surface area is 92.0 Å². The molecule has 0 bridgehead atoms. The smallest absolute Gasteiger partial charge is 0.0740 e. The Hall–Kier alpha value is -0.120. The first-order valence-electron chi connectivity index (χ1n) is 6.11. The molecule has 0 aromatic carbocycles. The Morgan fingerprint density at radius 1 is 1.33 bits per heavy atom. The second kappa shape index (κ2) is 4.04. The van der Waals surface area contributed by atoms with Gasteiger partial charge in [-0.15, -0.1) is 0 Å². The minimum Gasteiger partial charge on any atom is -0.389 e. The third-order valence-electron chi connectivity index (χ3n) is 4.70. The molecule has 2 unspecified atom stereocenters. The first-order valence-corrected chi connectivity index (χ1v) is 6.11. The molecule has 0 aliphatic heterocycles. The largest absolute Gasteiger partial charge is 0.389 e. The molecule has 0 aromatic heterocycles. The lowest BCUT2D eigenvalue weighted by Crippen LogP contribution is -2.59. The molecule has 88 valence electrons. The lowest BCUT2D eigenvalue weighted by molar-refractivity contribution is -0.166. The first-order chi connectivity index (χ1) is 7.16. The van der Waals surface area contributed by atoms with Crippen molar-refractivity contribution in [1.82, 2.24) is 0 Å². The molecule has 0 spiro atoms. The van der Waals surface area contributed by atoms with Crippen LogP contribution in [0.2, 0.25) is 0 Å². The van der Waals surface area contributed by atoms with Gasteiger partial charge in [0.05, 0.1) is 11.7 Å². The normalized spacial score (nSPS) is 39.8.